The van der Waals surface area contributed by atoms with E-state index in [0.717, 1.165) is 83.5 Å². The Morgan fingerprint density at radius 2 is 0.578 bits per heavy atom. The molecule has 6 heteroatoms. The van der Waals surface area contributed by atoms with E-state index in [9.17, 15) is 14.4 Å². The van der Waals surface area contributed by atoms with Crippen LogP contribution < -0.4 is 0 Å². The van der Waals surface area contributed by atoms with E-state index < -0.39 is 6.10 Å². The Morgan fingerprint density at radius 1 is 0.312 bits per heavy atom. The fourth-order valence-electron chi connectivity index (χ4n) is 8.10. The van der Waals surface area contributed by atoms with Gasteiger partial charge in [0.05, 0.1) is 0 Å². The van der Waals surface area contributed by atoms with Crippen LogP contribution >= 0.6 is 0 Å². The molecule has 0 aromatic rings. The van der Waals surface area contributed by atoms with Crippen molar-refractivity contribution < 1.29 is 28.6 Å². The number of carbonyl (C=O) groups excluding carboxylic acids is 3. The minimum absolute atomic E-state index is 0.0759. The number of carbonyl (C=O) groups is 3. The Morgan fingerprint density at radius 3 is 0.922 bits per heavy atom. The number of allylic oxidation sites excluding steroid dienone is 6. The number of hydrogen-bond acceptors (Lipinski definition) is 6. The first-order valence-electron chi connectivity index (χ1n) is 28.0. The summed E-state index contributed by atoms with van der Waals surface area (Å²) in [5, 5.41) is 0. The van der Waals surface area contributed by atoms with Gasteiger partial charge in [-0.1, -0.05) is 243 Å². The van der Waals surface area contributed by atoms with Gasteiger partial charge in [-0.15, -0.1) is 0 Å². The standard InChI is InChI=1S/C58H106O6/c1-4-7-10-13-16-19-22-25-28-29-30-31-34-36-39-42-45-48-51-57(60)63-54-55(64-58(61)52-49-46-43-40-37-33-27-24-21-18-15-12-9-6-3)53-62-56(59)50-47-44-41-38-35-32-26-23-20-17-14-11-8-5-2/h15,18,24,27-29,55H,4-14,16-17,19-23,25-26,30-54H2,1-3H3/b18-15-,27-24-,29-28-. The summed E-state index contributed by atoms with van der Waals surface area (Å²) in [7, 11) is 0. The molecular weight excluding hydrogens is 793 g/mol. The number of hydrogen-bond donors (Lipinski definition) is 0. The molecule has 0 heterocycles. The second kappa shape index (κ2) is 53.2. The highest BCUT2D eigenvalue weighted by molar-refractivity contribution is 5.71. The lowest BCUT2D eigenvalue weighted by molar-refractivity contribution is -0.167. The summed E-state index contributed by atoms with van der Waals surface area (Å²) in [6, 6.07) is 0. The Balaban J connectivity index is 4.35. The molecule has 0 amide bonds. The minimum atomic E-state index is -0.778. The second-order valence-electron chi connectivity index (χ2n) is 18.8. The highest BCUT2D eigenvalue weighted by Gasteiger charge is 2.19. The largest absolute Gasteiger partial charge is 0.462 e. The molecule has 0 N–H and O–H groups in total. The lowest BCUT2D eigenvalue weighted by atomic mass is 10.0. The summed E-state index contributed by atoms with van der Waals surface area (Å²) >= 11 is 0. The number of unbranched alkanes of at least 4 members (excludes halogenated alkanes) is 34. The third-order valence-corrected chi connectivity index (χ3v) is 12.4. The van der Waals surface area contributed by atoms with Crippen molar-refractivity contribution in [1.29, 1.82) is 0 Å². The van der Waals surface area contributed by atoms with Gasteiger partial charge in [0.15, 0.2) is 6.10 Å². The van der Waals surface area contributed by atoms with Gasteiger partial charge in [-0.25, -0.2) is 0 Å². The third-order valence-electron chi connectivity index (χ3n) is 12.4. The van der Waals surface area contributed by atoms with E-state index in [-0.39, 0.29) is 31.1 Å². The van der Waals surface area contributed by atoms with E-state index in [1.807, 2.05) is 0 Å². The molecule has 64 heavy (non-hydrogen) atoms. The van der Waals surface area contributed by atoms with Crippen molar-refractivity contribution in [2.24, 2.45) is 0 Å². The SMILES string of the molecule is CCCC/C=C\C/C=C\CCCCCCCC(=O)OC(COC(=O)CCCCCCCCC/C=C\CCCCCCCCC)COC(=O)CCCCCCCCCCCCCCCC. The van der Waals surface area contributed by atoms with Gasteiger partial charge in [-0.2, -0.15) is 0 Å². The van der Waals surface area contributed by atoms with Crippen molar-refractivity contribution in [1.82, 2.24) is 0 Å². The zero-order chi connectivity index (χ0) is 46.5. The van der Waals surface area contributed by atoms with Crippen LogP contribution in [0.4, 0.5) is 0 Å². The summed E-state index contributed by atoms with van der Waals surface area (Å²) in [6.45, 7) is 6.61. The highest BCUT2D eigenvalue weighted by atomic mass is 16.6. The van der Waals surface area contributed by atoms with Crippen molar-refractivity contribution in [3.8, 4) is 0 Å². The minimum Gasteiger partial charge on any atom is -0.462 e. The molecule has 374 valence electrons. The lowest BCUT2D eigenvalue weighted by Crippen LogP contribution is -2.30. The monoisotopic (exact) mass is 899 g/mol. The predicted octanol–water partition coefficient (Wildman–Crippen LogP) is 18.5. The quantitative estimate of drug-likeness (QED) is 0.0262. The van der Waals surface area contributed by atoms with E-state index >= 15 is 0 Å². The lowest BCUT2D eigenvalue weighted by Gasteiger charge is -2.18. The average Bonchev–Trinajstić information content (AvgIpc) is 3.29. The molecule has 1 unspecified atom stereocenters. The van der Waals surface area contributed by atoms with Gasteiger partial charge in [-0.05, 0) is 70.6 Å². The molecule has 0 rings (SSSR count). The van der Waals surface area contributed by atoms with Crippen LogP contribution in [0.2, 0.25) is 0 Å². The van der Waals surface area contributed by atoms with E-state index in [0.29, 0.717) is 19.3 Å². The maximum absolute atomic E-state index is 12.8. The van der Waals surface area contributed by atoms with Gasteiger partial charge in [0.1, 0.15) is 13.2 Å². The predicted molar refractivity (Wildman–Crippen MR) is 275 cm³/mol. The van der Waals surface area contributed by atoms with Crippen molar-refractivity contribution in [2.45, 2.75) is 303 Å². The molecule has 0 aromatic carbocycles. The summed E-state index contributed by atoms with van der Waals surface area (Å²) in [5.41, 5.74) is 0. The molecular formula is C58H106O6. The first kappa shape index (κ1) is 61.6. The van der Waals surface area contributed by atoms with Crippen LogP contribution in [0, 0.1) is 0 Å². The van der Waals surface area contributed by atoms with E-state index in [1.54, 1.807) is 0 Å². The first-order valence-corrected chi connectivity index (χ1v) is 28.0. The number of ether oxygens (including phenoxy) is 3. The highest BCUT2D eigenvalue weighted by Crippen LogP contribution is 2.16. The average molecular weight is 899 g/mol. The molecule has 0 saturated carbocycles. The molecule has 0 aliphatic rings. The van der Waals surface area contributed by atoms with E-state index in [2.05, 4.69) is 57.2 Å². The van der Waals surface area contributed by atoms with Gasteiger partial charge < -0.3 is 14.2 Å². The van der Waals surface area contributed by atoms with Gasteiger partial charge in [0.2, 0.25) is 0 Å². The Hall–Kier alpha value is -2.37. The smallest absolute Gasteiger partial charge is 0.306 e. The zero-order valence-electron chi connectivity index (χ0n) is 42.8. The van der Waals surface area contributed by atoms with Crippen molar-refractivity contribution in [2.75, 3.05) is 13.2 Å². The maximum Gasteiger partial charge on any atom is 0.306 e. The molecule has 0 spiro atoms. The third kappa shape index (κ3) is 50.6. The molecule has 0 aliphatic heterocycles. The normalized spacial score (nSPS) is 12.2. The molecule has 0 saturated heterocycles. The molecule has 0 aliphatic carbocycles. The summed E-state index contributed by atoms with van der Waals surface area (Å²) in [4.78, 5) is 38.1. The van der Waals surface area contributed by atoms with Gasteiger partial charge in [0.25, 0.3) is 0 Å². The molecule has 0 radical (unpaired) electrons. The Kier molecular flexibility index (Phi) is 51.3. The van der Waals surface area contributed by atoms with E-state index in [1.165, 1.54) is 173 Å². The van der Waals surface area contributed by atoms with Crippen LogP contribution in [0.3, 0.4) is 0 Å². The number of rotatable bonds is 51. The van der Waals surface area contributed by atoms with Gasteiger partial charge in [0, 0.05) is 19.3 Å². The number of esters is 3. The molecule has 0 bridgehead atoms. The first-order chi connectivity index (χ1) is 31.5. The zero-order valence-corrected chi connectivity index (χ0v) is 42.8. The molecule has 1 atom stereocenters. The van der Waals surface area contributed by atoms with Crippen LogP contribution in [-0.2, 0) is 28.6 Å². The molecule has 6 nitrogen and oxygen atoms in total. The van der Waals surface area contributed by atoms with Crippen molar-refractivity contribution in [3.05, 3.63) is 36.5 Å². The van der Waals surface area contributed by atoms with Gasteiger partial charge in [-0.3, -0.25) is 14.4 Å². The van der Waals surface area contributed by atoms with Crippen LogP contribution in [0.1, 0.15) is 297 Å². The van der Waals surface area contributed by atoms with Crippen LogP contribution in [0.25, 0.3) is 0 Å². The maximum atomic E-state index is 12.8. The summed E-state index contributed by atoms with van der Waals surface area (Å²) in [6.07, 6.45) is 62.7. The van der Waals surface area contributed by atoms with Crippen LogP contribution in [0.15, 0.2) is 36.5 Å². The van der Waals surface area contributed by atoms with Crippen molar-refractivity contribution >= 4 is 17.9 Å². The van der Waals surface area contributed by atoms with Crippen LogP contribution in [-0.4, -0.2) is 37.2 Å². The van der Waals surface area contributed by atoms with E-state index in [4.69, 9.17) is 14.2 Å². The van der Waals surface area contributed by atoms with Gasteiger partial charge >= 0.3 is 17.9 Å². The molecule has 0 fully saturated rings. The van der Waals surface area contributed by atoms with Crippen molar-refractivity contribution in [3.63, 3.8) is 0 Å². The summed E-state index contributed by atoms with van der Waals surface area (Å²) < 4.78 is 16.8. The summed E-state index contributed by atoms with van der Waals surface area (Å²) in [5.74, 6) is -0.880. The Bertz CT molecular complexity index is 1080. The van der Waals surface area contributed by atoms with Crippen LogP contribution in [0.5, 0.6) is 0 Å². The Labute approximate surface area is 397 Å². The fourth-order valence-corrected chi connectivity index (χ4v) is 8.10. The topological polar surface area (TPSA) is 78.9 Å². The fraction of sp³-hybridized carbons (Fsp3) is 0.845. The second-order valence-corrected chi connectivity index (χ2v) is 18.8. The molecule has 0 aromatic heterocycles.